The van der Waals surface area contributed by atoms with Crippen LogP contribution in [-0.4, -0.2) is 61.6 Å². The number of hydrogen-bond donors (Lipinski definition) is 2. The highest BCUT2D eigenvalue weighted by molar-refractivity contribution is 5.98. The smallest absolute Gasteiger partial charge is 0.370 e. The van der Waals surface area contributed by atoms with Crippen LogP contribution in [0.5, 0.6) is 0 Å². The lowest BCUT2D eigenvalue weighted by Gasteiger charge is -2.42. The number of anilines is 2. The van der Waals surface area contributed by atoms with Gasteiger partial charge in [-0.3, -0.25) is 14.5 Å². The highest BCUT2D eigenvalue weighted by atomic mass is 19.4. The van der Waals surface area contributed by atoms with Gasteiger partial charge in [0.05, 0.1) is 17.9 Å². The maximum atomic E-state index is 13.8. The Morgan fingerprint density at radius 1 is 1.34 bits per heavy atom. The molecule has 32 heavy (non-hydrogen) atoms. The molecule has 2 aliphatic rings. The third kappa shape index (κ3) is 5.60. The van der Waals surface area contributed by atoms with Crippen LogP contribution in [0.15, 0.2) is 18.2 Å². The molecule has 0 radical (unpaired) electrons. The molecule has 1 aromatic rings. The zero-order valence-electron chi connectivity index (χ0n) is 18.5. The molecule has 1 atom stereocenters. The van der Waals surface area contributed by atoms with Gasteiger partial charge in [-0.25, -0.2) is 0 Å². The molecule has 0 aromatic heterocycles. The third-order valence-corrected chi connectivity index (χ3v) is 5.91. The van der Waals surface area contributed by atoms with Gasteiger partial charge in [0.1, 0.15) is 12.6 Å². The van der Waals surface area contributed by atoms with E-state index in [9.17, 15) is 22.8 Å². The molecule has 1 heterocycles. The Bertz CT molecular complexity index is 827. The molecule has 7 nitrogen and oxygen atoms in total. The SMILES string of the molecule is CC(C)CN(C1CCC1)[C@@H](CN)C(=O)Nc1ccc(N2CCOCC2=O)cc1C(F)(F)F. The number of hydrogen-bond acceptors (Lipinski definition) is 5. The lowest BCUT2D eigenvalue weighted by atomic mass is 9.89. The molecule has 178 valence electrons. The summed E-state index contributed by atoms with van der Waals surface area (Å²) in [4.78, 5) is 28.4. The molecule has 1 aliphatic carbocycles. The summed E-state index contributed by atoms with van der Waals surface area (Å²) in [6, 6.07) is 3.00. The summed E-state index contributed by atoms with van der Waals surface area (Å²) in [6.07, 6.45) is -1.74. The Kier molecular flexibility index (Phi) is 7.79. The first-order chi connectivity index (χ1) is 15.1. The largest absolute Gasteiger partial charge is 0.418 e. The minimum atomic E-state index is -4.71. The van der Waals surface area contributed by atoms with Crippen LogP contribution in [0.3, 0.4) is 0 Å². The summed E-state index contributed by atoms with van der Waals surface area (Å²) in [5.41, 5.74) is 4.67. The van der Waals surface area contributed by atoms with Crippen LogP contribution in [-0.2, 0) is 20.5 Å². The fraction of sp³-hybridized carbons (Fsp3) is 0.636. The minimum Gasteiger partial charge on any atom is -0.370 e. The second-order valence-corrected chi connectivity index (χ2v) is 8.74. The van der Waals surface area contributed by atoms with Gasteiger partial charge in [-0.2, -0.15) is 13.2 Å². The predicted molar refractivity (Wildman–Crippen MR) is 115 cm³/mol. The number of alkyl halides is 3. The van der Waals surface area contributed by atoms with E-state index in [0.717, 1.165) is 25.3 Å². The van der Waals surface area contributed by atoms with Crippen molar-refractivity contribution in [3.63, 3.8) is 0 Å². The van der Waals surface area contributed by atoms with Crippen molar-refractivity contribution in [1.82, 2.24) is 4.90 Å². The quantitative estimate of drug-likeness (QED) is 0.628. The van der Waals surface area contributed by atoms with Crippen LogP contribution in [0.4, 0.5) is 24.5 Å². The van der Waals surface area contributed by atoms with Gasteiger partial charge < -0.3 is 20.7 Å². The van der Waals surface area contributed by atoms with Gasteiger partial charge in [0.15, 0.2) is 0 Å². The van der Waals surface area contributed by atoms with E-state index in [1.807, 2.05) is 18.7 Å². The number of ether oxygens (including phenoxy) is 1. The van der Waals surface area contributed by atoms with Crippen LogP contribution in [0, 0.1) is 5.92 Å². The second kappa shape index (κ2) is 10.2. The van der Waals surface area contributed by atoms with Crippen LogP contribution in [0.1, 0.15) is 38.7 Å². The van der Waals surface area contributed by atoms with Crippen molar-refractivity contribution in [2.75, 3.05) is 43.1 Å². The van der Waals surface area contributed by atoms with E-state index in [2.05, 4.69) is 5.32 Å². The average molecular weight is 457 g/mol. The minimum absolute atomic E-state index is 0.0107. The lowest BCUT2D eigenvalue weighted by molar-refractivity contribution is -0.137. The lowest BCUT2D eigenvalue weighted by Crippen LogP contribution is -2.55. The van der Waals surface area contributed by atoms with E-state index in [-0.39, 0.29) is 49.6 Å². The molecule has 0 spiro atoms. The van der Waals surface area contributed by atoms with Crippen molar-refractivity contribution in [2.24, 2.45) is 11.7 Å². The first-order valence-electron chi connectivity index (χ1n) is 11.0. The molecule has 10 heteroatoms. The molecular weight excluding hydrogens is 425 g/mol. The number of amides is 2. The molecule has 3 N–H and O–H groups in total. The Balaban J connectivity index is 1.85. The highest BCUT2D eigenvalue weighted by Gasteiger charge is 2.38. The summed E-state index contributed by atoms with van der Waals surface area (Å²) in [7, 11) is 0. The first-order valence-corrected chi connectivity index (χ1v) is 11.0. The fourth-order valence-electron chi connectivity index (χ4n) is 4.11. The van der Waals surface area contributed by atoms with Gasteiger partial charge in [-0.1, -0.05) is 20.3 Å². The van der Waals surface area contributed by atoms with Gasteiger partial charge in [0.2, 0.25) is 5.91 Å². The number of rotatable bonds is 8. The van der Waals surface area contributed by atoms with E-state index in [4.69, 9.17) is 10.5 Å². The number of morpholine rings is 1. The molecule has 0 unspecified atom stereocenters. The number of nitrogens with two attached hydrogens (primary N) is 1. The zero-order valence-corrected chi connectivity index (χ0v) is 18.5. The van der Waals surface area contributed by atoms with Crippen molar-refractivity contribution in [1.29, 1.82) is 0 Å². The van der Waals surface area contributed by atoms with Crippen molar-refractivity contribution < 1.29 is 27.5 Å². The van der Waals surface area contributed by atoms with Crippen molar-refractivity contribution in [3.05, 3.63) is 23.8 Å². The summed E-state index contributed by atoms with van der Waals surface area (Å²) in [6.45, 7) is 4.96. The molecule has 2 fully saturated rings. The molecule has 3 rings (SSSR count). The topological polar surface area (TPSA) is 87.9 Å². The van der Waals surface area contributed by atoms with Crippen molar-refractivity contribution >= 4 is 23.2 Å². The number of carbonyl (C=O) groups excluding carboxylic acids is 2. The van der Waals surface area contributed by atoms with Gasteiger partial charge in [0, 0.05) is 31.4 Å². The van der Waals surface area contributed by atoms with Gasteiger partial charge in [-0.05, 0) is 37.0 Å². The summed E-state index contributed by atoms with van der Waals surface area (Å²) in [5, 5.41) is 2.46. The number of nitrogens with zero attached hydrogens (tertiary/aromatic N) is 2. The molecule has 1 aromatic carbocycles. The maximum absolute atomic E-state index is 13.8. The standard InChI is InChI=1S/C22H31F3N4O3/c1-14(2)12-29(15-4-3-5-15)19(11-26)21(31)27-18-7-6-16(10-17(18)22(23,24)25)28-8-9-32-13-20(28)30/h6-7,10,14-15,19H,3-5,8-9,11-13,26H2,1-2H3,(H,27,31)/t19-/m0/s1. The second-order valence-electron chi connectivity index (χ2n) is 8.74. The molecule has 1 saturated carbocycles. The normalized spacial score (nSPS) is 18.8. The van der Waals surface area contributed by atoms with Crippen LogP contribution >= 0.6 is 0 Å². The average Bonchev–Trinajstić information content (AvgIpc) is 2.66. The Morgan fingerprint density at radius 3 is 2.59 bits per heavy atom. The van der Waals surface area contributed by atoms with E-state index < -0.39 is 29.6 Å². The predicted octanol–water partition coefficient (Wildman–Crippen LogP) is 2.84. The summed E-state index contributed by atoms with van der Waals surface area (Å²) >= 11 is 0. The van der Waals surface area contributed by atoms with E-state index in [1.165, 1.54) is 17.0 Å². The van der Waals surface area contributed by atoms with E-state index in [0.29, 0.717) is 6.54 Å². The Hall–Kier alpha value is -2.17. The molecule has 2 amide bonds. The Labute approximate surface area is 186 Å². The van der Waals surface area contributed by atoms with Gasteiger partial charge in [-0.15, -0.1) is 0 Å². The number of carbonyl (C=O) groups is 2. The highest BCUT2D eigenvalue weighted by Crippen LogP contribution is 2.38. The van der Waals surface area contributed by atoms with Crippen LogP contribution in [0.2, 0.25) is 0 Å². The fourth-order valence-corrected chi connectivity index (χ4v) is 4.11. The monoisotopic (exact) mass is 456 g/mol. The van der Waals surface area contributed by atoms with Crippen molar-refractivity contribution in [3.8, 4) is 0 Å². The van der Waals surface area contributed by atoms with E-state index in [1.54, 1.807) is 0 Å². The summed E-state index contributed by atoms with van der Waals surface area (Å²) in [5.74, 6) is -0.677. The summed E-state index contributed by atoms with van der Waals surface area (Å²) < 4.78 is 46.5. The number of benzene rings is 1. The van der Waals surface area contributed by atoms with E-state index >= 15 is 0 Å². The van der Waals surface area contributed by atoms with Gasteiger partial charge >= 0.3 is 6.18 Å². The van der Waals surface area contributed by atoms with Crippen LogP contribution in [0.25, 0.3) is 0 Å². The molecule has 0 bridgehead atoms. The van der Waals surface area contributed by atoms with Gasteiger partial charge in [0.25, 0.3) is 5.91 Å². The molecule has 1 aliphatic heterocycles. The van der Waals surface area contributed by atoms with Crippen molar-refractivity contribution in [2.45, 2.75) is 51.4 Å². The van der Waals surface area contributed by atoms with Crippen LogP contribution < -0.4 is 16.0 Å². The molecular formula is C22H31F3N4O3. The number of halogens is 3. The third-order valence-electron chi connectivity index (χ3n) is 5.91. The number of nitrogens with one attached hydrogen (secondary N) is 1. The zero-order chi connectivity index (χ0) is 23.5. The maximum Gasteiger partial charge on any atom is 0.418 e. The Morgan fingerprint density at radius 2 is 2.06 bits per heavy atom. The first kappa shape index (κ1) is 24.5. The molecule has 1 saturated heterocycles.